The van der Waals surface area contributed by atoms with Crippen LogP contribution >= 0.6 is 0 Å². The third kappa shape index (κ3) is 13.4. The van der Waals surface area contributed by atoms with Gasteiger partial charge in [-0.1, -0.05) is 60.1 Å². The number of benzene rings is 1. The van der Waals surface area contributed by atoms with Crippen LogP contribution in [0.15, 0.2) is 24.3 Å². The van der Waals surface area contributed by atoms with Crippen molar-refractivity contribution in [1.29, 1.82) is 0 Å². The van der Waals surface area contributed by atoms with Crippen LogP contribution in [-0.2, 0) is 38.4 Å². The third-order valence-corrected chi connectivity index (χ3v) is 8.42. The number of nitrogens with two attached hydrogens (primary N) is 1. The number of carbonyl (C=O) groups is 9. The normalized spacial score (nSPS) is 23.1. The molecule has 1 aliphatic rings. The average molecular weight is 729 g/mol. The molecule has 6 atom stereocenters. The SMILES string of the molecule is CC[C@@H](C)[C@@H]1NC(=O)[C@@H](CC(C)C)NC(=O)[C@H](CC(C)C)NC(=O)[C@H](CC(=O)c2ccccc2NC=O)NC(=O)CNC(=O)[C@H](CC(N)=O)NC1=O. The Morgan fingerprint density at radius 3 is 1.81 bits per heavy atom. The Morgan fingerprint density at radius 1 is 0.750 bits per heavy atom. The molecule has 1 fully saturated rings. The number of amides is 8. The second-order valence-electron chi connectivity index (χ2n) is 13.8. The second kappa shape index (κ2) is 20.5. The van der Waals surface area contributed by atoms with Crippen LogP contribution in [-0.4, -0.2) is 90.3 Å². The summed E-state index contributed by atoms with van der Waals surface area (Å²) in [5.41, 5.74) is 5.55. The molecular weight excluding hydrogens is 676 g/mol. The van der Waals surface area contributed by atoms with Crippen molar-refractivity contribution in [3.63, 3.8) is 0 Å². The van der Waals surface area contributed by atoms with Gasteiger partial charge in [-0.15, -0.1) is 0 Å². The van der Waals surface area contributed by atoms with Gasteiger partial charge in [0.2, 0.25) is 47.8 Å². The maximum Gasteiger partial charge on any atom is 0.243 e. The minimum Gasteiger partial charge on any atom is -0.370 e. The Hall–Kier alpha value is -5.35. The van der Waals surface area contributed by atoms with Crippen molar-refractivity contribution >= 4 is 59.2 Å². The molecule has 52 heavy (non-hydrogen) atoms. The maximum atomic E-state index is 13.8. The first-order valence-electron chi connectivity index (χ1n) is 17.4. The van der Waals surface area contributed by atoms with Gasteiger partial charge in [0.05, 0.1) is 18.7 Å². The fourth-order valence-electron chi connectivity index (χ4n) is 5.53. The van der Waals surface area contributed by atoms with Crippen LogP contribution in [0.1, 0.15) is 84.0 Å². The summed E-state index contributed by atoms with van der Waals surface area (Å²) in [5.74, 6) is -7.25. The van der Waals surface area contributed by atoms with Gasteiger partial charge in [0.15, 0.2) is 5.78 Å². The number of hydrogen-bond donors (Lipinski definition) is 8. The Balaban J connectivity index is 2.62. The number of anilines is 1. The van der Waals surface area contributed by atoms with Crippen LogP contribution in [0.25, 0.3) is 0 Å². The van der Waals surface area contributed by atoms with Crippen LogP contribution in [0.4, 0.5) is 5.69 Å². The van der Waals surface area contributed by atoms with E-state index in [1.54, 1.807) is 26.0 Å². The van der Waals surface area contributed by atoms with E-state index in [0.717, 1.165) is 0 Å². The van der Waals surface area contributed by atoms with Crippen molar-refractivity contribution < 1.29 is 43.2 Å². The van der Waals surface area contributed by atoms with Gasteiger partial charge in [-0.2, -0.15) is 0 Å². The van der Waals surface area contributed by atoms with Gasteiger partial charge < -0.3 is 43.0 Å². The van der Waals surface area contributed by atoms with Crippen LogP contribution in [0.2, 0.25) is 0 Å². The molecule has 17 nitrogen and oxygen atoms in total. The van der Waals surface area contributed by atoms with Gasteiger partial charge in [-0.25, -0.2) is 0 Å². The highest BCUT2D eigenvalue weighted by molar-refractivity contribution is 6.06. The maximum absolute atomic E-state index is 13.8. The van der Waals surface area contributed by atoms with E-state index in [4.69, 9.17) is 5.73 Å². The molecule has 2 rings (SSSR count). The summed E-state index contributed by atoms with van der Waals surface area (Å²) in [6.07, 6.45) is -0.184. The summed E-state index contributed by atoms with van der Waals surface area (Å²) in [4.78, 5) is 118. The number of para-hydroxylation sites is 1. The largest absolute Gasteiger partial charge is 0.370 e. The summed E-state index contributed by atoms with van der Waals surface area (Å²) < 4.78 is 0. The predicted molar refractivity (Wildman–Crippen MR) is 190 cm³/mol. The molecule has 0 bridgehead atoms. The van der Waals surface area contributed by atoms with Gasteiger partial charge in [-0.3, -0.25) is 43.2 Å². The number of Topliss-reactive ketones (excluding diaryl/α,β-unsaturated/α-hetero) is 1. The number of hydrogen-bond acceptors (Lipinski definition) is 9. The molecule has 0 saturated carbocycles. The molecule has 0 spiro atoms. The van der Waals surface area contributed by atoms with Crippen LogP contribution < -0.4 is 43.0 Å². The zero-order valence-electron chi connectivity index (χ0n) is 30.5. The van der Waals surface area contributed by atoms with E-state index in [-0.39, 0.29) is 35.9 Å². The van der Waals surface area contributed by atoms with Crippen LogP contribution in [0.3, 0.4) is 0 Å². The van der Waals surface area contributed by atoms with Gasteiger partial charge in [0.1, 0.15) is 30.2 Å². The lowest BCUT2D eigenvalue weighted by molar-refractivity contribution is -0.137. The molecule has 0 aromatic heterocycles. The minimum absolute atomic E-state index is 0.0455. The lowest BCUT2D eigenvalue weighted by Crippen LogP contribution is -2.61. The number of carbonyl (C=O) groups excluding carboxylic acids is 9. The third-order valence-electron chi connectivity index (χ3n) is 8.42. The minimum atomic E-state index is -1.57. The Labute approximate surface area is 303 Å². The molecular formula is C35H52N8O9. The summed E-state index contributed by atoms with van der Waals surface area (Å²) in [7, 11) is 0. The Morgan fingerprint density at radius 2 is 1.27 bits per heavy atom. The Bertz CT molecular complexity index is 1500. The summed E-state index contributed by atoms with van der Waals surface area (Å²) in [6, 6.07) is -0.652. The predicted octanol–water partition coefficient (Wildman–Crippen LogP) is -0.605. The van der Waals surface area contributed by atoms with E-state index in [0.29, 0.717) is 12.8 Å². The standard InChI is InChI=1S/C35H52N8O9/c1-7-20(6)30-35(52)42-26(15-28(36)46)31(48)37-16-29(47)39-25(14-27(45)21-10-8-9-11-22(21)38-17-44)33(50)40-23(12-18(2)3)32(49)41-24(13-19(4)5)34(51)43-30/h8-11,17-20,23-26,30H,7,12-16H2,1-6H3,(H2,36,46)(H,37,48)(H,38,44)(H,39,47)(H,40,50)(H,41,49)(H,42,52)(H,43,51)/t20-,23+,24-,25+,26+,30+/m1/s1. The Kier molecular flexibility index (Phi) is 16.9. The van der Waals surface area contributed by atoms with Gasteiger partial charge in [0.25, 0.3) is 0 Å². The molecule has 0 radical (unpaired) electrons. The van der Waals surface area contributed by atoms with E-state index in [1.807, 2.05) is 27.7 Å². The molecule has 0 aliphatic carbocycles. The average Bonchev–Trinajstić information content (AvgIpc) is 3.07. The van der Waals surface area contributed by atoms with Crippen molar-refractivity contribution in [2.75, 3.05) is 11.9 Å². The highest BCUT2D eigenvalue weighted by Gasteiger charge is 2.36. The zero-order chi connectivity index (χ0) is 39.1. The zero-order valence-corrected chi connectivity index (χ0v) is 30.5. The summed E-state index contributed by atoms with van der Waals surface area (Å²) in [6.45, 7) is 10.0. The van der Waals surface area contributed by atoms with E-state index >= 15 is 0 Å². The summed E-state index contributed by atoms with van der Waals surface area (Å²) >= 11 is 0. The van der Waals surface area contributed by atoms with Crippen LogP contribution in [0, 0.1) is 17.8 Å². The van der Waals surface area contributed by atoms with Crippen molar-refractivity contribution in [2.45, 2.75) is 104 Å². The molecule has 1 saturated heterocycles. The van der Waals surface area contributed by atoms with Gasteiger partial charge in [0, 0.05) is 12.0 Å². The number of primary amides is 1. The number of ketones is 1. The topological polar surface area (TPSA) is 264 Å². The molecule has 1 heterocycles. The fraction of sp³-hybridized carbons (Fsp3) is 0.571. The number of nitrogens with one attached hydrogen (secondary N) is 7. The lowest BCUT2D eigenvalue weighted by Gasteiger charge is -2.30. The van der Waals surface area contributed by atoms with E-state index < -0.39 is 103 Å². The smallest absolute Gasteiger partial charge is 0.243 e. The van der Waals surface area contributed by atoms with E-state index in [9.17, 15) is 43.2 Å². The van der Waals surface area contributed by atoms with Crippen molar-refractivity contribution in [3.05, 3.63) is 29.8 Å². The summed E-state index contributed by atoms with van der Waals surface area (Å²) in [5, 5.41) is 17.6. The molecule has 8 amide bonds. The molecule has 1 aromatic carbocycles. The highest BCUT2D eigenvalue weighted by Crippen LogP contribution is 2.18. The van der Waals surface area contributed by atoms with Crippen molar-refractivity contribution in [2.24, 2.45) is 23.5 Å². The monoisotopic (exact) mass is 728 g/mol. The lowest BCUT2D eigenvalue weighted by atomic mass is 9.95. The number of rotatable bonds is 13. The van der Waals surface area contributed by atoms with E-state index in [1.165, 1.54) is 12.1 Å². The van der Waals surface area contributed by atoms with Crippen molar-refractivity contribution in [1.82, 2.24) is 31.9 Å². The fourth-order valence-corrected chi connectivity index (χ4v) is 5.53. The highest BCUT2D eigenvalue weighted by atomic mass is 16.2. The molecule has 1 aromatic rings. The molecule has 9 N–H and O–H groups in total. The molecule has 0 unspecified atom stereocenters. The molecule has 286 valence electrons. The first-order valence-corrected chi connectivity index (χ1v) is 17.4. The second-order valence-corrected chi connectivity index (χ2v) is 13.8. The quantitative estimate of drug-likeness (QED) is 0.0951. The van der Waals surface area contributed by atoms with Gasteiger partial charge in [-0.05, 0) is 42.7 Å². The van der Waals surface area contributed by atoms with Gasteiger partial charge >= 0.3 is 0 Å². The molecule has 17 heteroatoms. The van der Waals surface area contributed by atoms with Crippen molar-refractivity contribution in [3.8, 4) is 0 Å². The van der Waals surface area contributed by atoms with E-state index in [2.05, 4.69) is 37.2 Å². The molecule has 1 aliphatic heterocycles. The first kappa shape index (κ1) is 42.8. The first-order chi connectivity index (χ1) is 24.5. The van der Waals surface area contributed by atoms with Crippen LogP contribution in [0.5, 0.6) is 0 Å².